The van der Waals surface area contributed by atoms with Crippen LogP contribution in [0.2, 0.25) is 0 Å². The summed E-state index contributed by atoms with van der Waals surface area (Å²) in [7, 11) is 0. The number of nitrogens with zero attached hydrogens (tertiary/aromatic N) is 3. The summed E-state index contributed by atoms with van der Waals surface area (Å²) in [5, 5.41) is 4.09. The molecule has 0 fully saturated rings. The lowest BCUT2D eigenvalue weighted by Gasteiger charge is -2.13. The number of nitrogens with one attached hydrogen (secondary N) is 2. The maximum absolute atomic E-state index is 12.8. The van der Waals surface area contributed by atoms with Crippen molar-refractivity contribution in [1.82, 2.24) is 15.0 Å². The van der Waals surface area contributed by atoms with Crippen molar-refractivity contribution < 1.29 is 4.79 Å². The first-order valence-corrected chi connectivity index (χ1v) is 9.45. The van der Waals surface area contributed by atoms with Crippen LogP contribution in [0.1, 0.15) is 33.0 Å². The van der Waals surface area contributed by atoms with Crippen molar-refractivity contribution in [3.05, 3.63) is 76.9 Å². The van der Waals surface area contributed by atoms with Crippen molar-refractivity contribution in [2.45, 2.75) is 20.4 Å². The van der Waals surface area contributed by atoms with Gasteiger partial charge in [-0.2, -0.15) is 0 Å². The van der Waals surface area contributed by atoms with Gasteiger partial charge in [0.05, 0.1) is 12.2 Å². The lowest BCUT2D eigenvalue weighted by atomic mass is 9.97. The number of carbonyl (C=O) groups excluding carboxylic acids is 1. The highest BCUT2D eigenvalue weighted by molar-refractivity contribution is 6.07. The molecule has 29 heavy (non-hydrogen) atoms. The highest BCUT2D eigenvalue weighted by atomic mass is 16.1. The fourth-order valence-corrected chi connectivity index (χ4v) is 3.76. The number of aliphatic imine (C=N–C) groups is 1. The molecule has 0 radical (unpaired) electrons. The summed E-state index contributed by atoms with van der Waals surface area (Å²) in [4.78, 5) is 29.2. The summed E-state index contributed by atoms with van der Waals surface area (Å²) in [6.45, 7) is 4.49. The summed E-state index contributed by atoms with van der Waals surface area (Å²) in [6, 6.07) is 13.7. The van der Waals surface area contributed by atoms with Gasteiger partial charge in [-0.1, -0.05) is 6.07 Å². The van der Waals surface area contributed by atoms with Gasteiger partial charge in [-0.25, -0.2) is 9.97 Å². The Morgan fingerprint density at radius 2 is 2.03 bits per heavy atom. The topological polar surface area (TPSA) is 83.0 Å². The van der Waals surface area contributed by atoms with Crippen LogP contribution in [-0.4, -0.2) is 27.1 Å². The Morgan fingerprint density at radius 1 is 1.14 bits per heavy atom. The molecule has 2 N–H and O–H groups in total. The molecule has 0 aliphatic carbocycles. The van der Waals surface area contributed by atoms with Crippen molar-refractivity contribution in [3.63, 3.8) is 0 Å². The molecule has 1 aliphatic heterocycles. The molecule has 6 heteroatoms. The number of aromatic nitrogens is 3. The summed E-state index contributed by atoms with van der Waals surface area (Å²) in [5.41, 5.74) is 7.98. The van der Waals surface area contributed by atoms with Crippen LogP contribution in [-0.2, 0) is 6.54 Å². The summed E-state index contributed by atoms with van der Waals surface area (Å²) in [6.07, 6.45) is 3.62. The van der Waals surface area contributed by atoms with Crippen molar-refractivity contribution in [2.24, 2.45) is 4.99 Å². The van der Waals surface area contributed by atoms with Crippen LogP contribution < -0.4 is 5.32 Å². The van der Waals surface area contributed by atoms with E-state index in [-0.39, 0.29) is 5.91 Å². The molecule has 0 saturated heterocycles. The second-order valence-corrected chi connectivity index (χ2v) is 7.26. The Labute approximate surface area is 167 Å². The molecular formula is C23H19N5O. The van der Waals surface area contributed by atoms with Crippen LogP contribution in [0.5, 0.6) is 0 Å². The number of hydrogen-bond acceptors (Lipinski definition) is 4. The second-order valence-electron chi connectivity index (χ2n) is 7.26. The van der Waals surface area contributed by atoms with Gasteiger partial charge in [-0.15, -0.1) is 0 Å². The van der Waals surface area contributed by atoms with E-state index in [1.807, 2.05) is 44.3 Å². The van der Waals surface area contributed by atoms with Crippen LogP contribution >= 0.6 is 0 Å². The second kappa shape index (κ2) is 6.67. The van der Waals surface area contributed by atoms with E-state index in [0.717, 1.165) is 50.4 Å². The SMILES string of the molecule is Cc1cccc(C(=O)Nc2cc(-c3ccnc4[nH]c(C)cc34)cc3c2C=NC3)n1. The maximum Gasteiger partial charge on any atom is 0.274 e. The Hall–Kier alpha value is -3.80. The highest BCUT2D eigenvalue weighted by Crippen LogP contribution is 2.34. The van der Waals surface area contributed by atoms with Crippen molar-refractivity contribution >= 4 is 28.8 Å². The van der Waals surface area contributed by atoms with Gasteiger partial charge in [0.2, 0.25) is 0 Å². The van der Waals surface area contributed by atoms with Gasteiger partial charge in [-0.05, 0) is 66.9 Å². The van der Waals surface area contributed by atoms with Crippen LogP contribution in [0, 0.1) is 13.8 Å². The van der Waals surface area contributed by atoms with Crippen molar-refractivity contribution in [2.75, 3.05) is 5.32 Å². The van der Waals surface area contributed by atoms with Gasteiger partial charge in [0, 0.05) is 34.7 Å². The summed E-state index contributed by atoms with van der Waals surface area (Å²) >= 11 is 0. The maximum atomic E-state index is 12.8. The van der Waals surface area contributed by atoms with Crippen LogP contribution in [0.15, 0.2) is 53.7 Å². The average molecular weight is 381 g/mol. The molecule has 4 aromatic rings. The number of anilines is 1. The van der Waals surface area contributed by atoms with E-state index in [2.05, 4.69) is 37.4 Å². The smallest absolute Gasteiger partial charge is 0.274 e. The van der Waals surface area contributed by atoms with E-state index in [1.54, 1.807) is 12.3 Å². The quantitative estimate of drug-likeness (QED) is 0.551. The zero-order chi connectivity index (χ0) is 20.0. The Bertz CT molecular complexity index is 1300. The molecular weight excluding hydrogens is 362 g/mol. The fraction of sp³-hybridized carbons (Fsp3) is 0.130. The predicted octanol–water partition coefficient (Wildman–Crippen LogP) is 4.43. The minimum absolute atomic E-state index is 0.231. The number of aryl methyl sites for hydroxylation is 2. The molecule has 0 bridgehead atoms. The molecule has 5 rings (SSSR count). The molecule has 1 amide bonds. The number of rotatable bonds is 3. The number of amides is 1. The first kappa shape index (κ1) is 17.3. The molecule has 3 aromatic heterocycles. The van der Waals surface area contributed by atoms with Gasteiger partial charge in [0.15, 0.2) is 0 Å². The van der Waals surface area contributed by atoms with E-state index in [9.17, 15) is 4.79 Å². The molecule has 0 saturated carbocycles. The van der Waals surface area contributed by atoms with Crippen LogP contribution in [0.4, 0.5) is 5.69 Å². The molecule has 0 atom stereocenters. The average Bonchev–Trinajstić information content (AvgIpc) is 3.33. The normalized spacial score (nSPS) is 12.3. The van der Waals surface area contributed by atoms with Crippen LogP contribution in [0.25, 0.3) is 22.2 Å². The van der Waals surface area contributed by atoms with Gasteiger partial charge < -0.3 is 10.3 Å². The standard InChI is InChI=1S/C23H19N5O/c1-13-4-3-5-20(26-13)23(29)28-21-10-15(9-16-11-24-12-19(16)21)17-6-7-25-22-18(17)8-14(2)27-22/h3-10,12H,11H2,1-2H3,(H,25,27)(H,28,29). The van der Waals surface area contributed by atoms with E-state index < -0.39 is 0 Å². The van der Waals surface area contributed by atoms with Gasteiger partial charge in [0.25, 0.3) is 5.91 Å². The first-order chi connectivity index (χ1) is 14.1. The third kappa shape index (κ3) is 3.08. The Kier molecular flexibility index (Phi) is 3.98. The van der Waals surface area contributed by atoms with E-state index in [1.165, 1.54) is 0 Å². The molecule has 6 nitrogen and oxygen atoms in total. The molecule has 142 valence electrons. The zero-order valence-corrected chi connectivity index (χ0v) is 16.2. The molecule has 0 spiro atoms. The number of pyridine rings is 2. The molecule has 1 aliphatic rings. The first-order valence-electron chi connectivity index (χ1n) is 9.45. The van der Waals surface area contributed by atoms with Crippen molar-refractivity contribution in [3.8, 4) is 11.1 Å². The summed E-state index contributed by atoms with van der Waals surface area (Å²) in [5.74, 6) is -0.231. The third-order valence-corrected chi connectivity index (χ3v) is 5.09. The Balaban J connectivity index is 1.60. The lowest BCUT2D eigenvalue weighted by Crippen LogP contribution is -2.15. The minimum atomic E-state index is -0.231. The monoisotopic (exact) mass is 381 g/mol. The largest absolute Gasteiger partial charge is 0.344 e. The van der Waals surface area contributed by atoms with E-state index in [0.29, 0.717) is 12.2 Å². The third-order valence-electron chi connectivity index (χ3n) is 5.09. The minimum Gasteiger partial charge on any atom is -0.344 e. The van der Waals surface area contributed by atoms with Crippen molar-refractivity contribution in [1.29, 1.82) is 0 Å². The van der Waals surface area contributed by atoms with E-state index in [4.69, 9.17) is 0 Å². The number of carbonyl (C=O) groups is 1. The predicted molar refractivity (Wildman–Crippen MR) is 114 cm³/mol. The van der Waals surface area contributed by atoms with E-state index >= 15 is 0 Å². The lowest BCUT2D eigenvalue weighted by molar-refractivity contribution is 0.102. The number of aromatic amines is 1. The number of hydrogen-bond donors (Lipinski definition) is 2. The number of benzene rings is 1. The molecule has 0 unspecified atom stereocenters. The fourth-order valence-electron chi connectivity index (χ4n) is 3.76. The molecule has 1 aromatic carbocycles. The number of H-pyrrole nitrogens is 1. The highest BCUT2D eigenvalue weighted by Gasteiger charge is 2.18. The Morgan fingerprint density at radius 3 is 2.90 bits per heavy atom. The zero-order valence-electron chi connectivity index (χ0n) is 16.2. The van der Waals surface area contributed by atoms with Gasteiger partial charge in [-0.3, -0.25) is 9.79 Å². The van der Waals surface area contributed by atoms with Gasteiger partial charge >= 0.3 is 0 Å². The van der Waals surface area contributed by atoms with Crippen LogP contribution in [0.3, 0.4) is 0 Å². The molecule has 4 heterocycles. The van der Waals surface area contributed by atoms with Gasteiger partial charge in [0.1, 0.15) is 11.3 Å². The summed E-state index contributed by atoms with van der Waals surface area (Å²) < 4.78 is 0. The number of fused-ring (bicyclic) bond motifs is 2.